The first-order valence-electron chi connectivity index (χ1n) is 5.97. The molecule has 1 aliphatic heterocycles. The number of hydrogen-bond acceptors (Lipinski definition) is 5. The van der Waals surface area contributed by atoms with E-state index in [1.807, 2.05) is 0 Å². The molecular formula is C11H16N4O4S. The van der Waals surface area contributed by atoms with Crippen molar-refractivity contribution in [2.45, 2.75) is 0 Å². The van der Waals surface area contributed by atoms with E-state index in [0.29, 0.717) is 31.9 Å². The zero-order chi connectivity index (χ0) is 14.6. The number of nitrogens with two attached hydrogens (primary N) is 1. The summed E-state index contributed by atoms with van der Waals surface area (Å²) in [4.78, 5) is 0. The number of para-hydroxylation sites is 1. The third-order valence-corrected chi connectivity index (χ3v) is 4.38. The van der Waals surface area contributed by atoms with Crippen molar-refractivity contribution in [3.05, 3.63) is 29.8 Å². The normalized spacial score (nSPS) is 17.9. The number of anilines is 1. The second-order valence-corrected chi connectivity index (χ2v) is 5.82. The number of oxime groups is 1. The molecule has 110 valence electrons. The SMILES string of the molecule is N/C(=N/O)c1ccccc1NS(=O)(=O)N1CCOCC1. The Balaban J connectivity index is 2.25. The molecular weight excluding hydrogens is 284 g/mol. The monoisotopic (exact) mass is 300 g/mol. The van der Waals surface area contributed by atoms with Gasteiger partial charge in [-0.05, 0) is 12.1 Å². The number of rotatable bonds is 4. The van der Waals surface area contributed by atoms with Crippen LogP contribution in [0, 0.1) is 0 Å². The van der Waals surface area contributed by atoms with E-state index in [1.54, 1.807) is 24.3 Å². The van der Waals surface area contributed by atoms with Gasteiger partial charge in [-0.2, -0.15) is 12.7 Å². The van der Waals surface area contributed by atoms with Crippen molar-refractivity contribution >= 4 is 21.7 Å². The van der Waals surface area contributed by atoms with Crippen molar-refractivity contribution in [3.63, 3.8) is 0 Å². The molecule has 1 aliphatic rings. The number of amidine groups is 1. The lowest BCUT2D eigenvalue weighted by Crippen LogP contribution is -2.43. The maximum atomic E-state index is 12.2. The molecule has 4 N–H and O–H groups in total. The van der Waals surface area contributed by atoms with Gasteiger partial charge >= 0.3 is 10.2 Å². The Morgan fingerprint density at radius 1 is 1.35 bits per heavy atom. The van der Waals surface area contributed by atoms with E-state index in [4.69, 9.17) is 15.7 Å². The highest BCUT2D eigenvalue weighted by Crippen LogP contribution is 2.18. The van der Waals surface area contributed by atoms with Crippen molar-refractivity contribution in [1.82, 2.24) is 4.31 Å². The van der Waals surface area contributed by atoms with E-state index >= 15 is 0 Å². The molecule has 1 fully saturated rings. The van der Waals surface area contributed by atoms with Crippen LogP contribution in [0.2, 0.25) is 0 Å². The number of benzene rings is 1. The first kappa shape index (κ1) is 14.6. The minimum atomic E-state index is -3.69. The Hall–Kier alpha value is -1.84. The van der Waals surface area contributed by atoms with E-state index in [1.165, 1.54) is 4.31 Å². The third kappa shape index (κ3) is 3.18. The molecule has 1 saturated heterocycles. The standard InChI is InChI=1S/C11H16N4O4S/c12-11(13-16)9-3-1-2-4-10(9)14-20(17,18)15-5-7-19-8-6-15/h1-4,14,16H,5-8H2,(H2,12,13). The molecule has 1 aromatic rings. The summed E-state index contributed by atoms with van der Waals surface area (Å²) in [6.45, 7) is 1.31. The van der Waals surface area contributed by atoms with Crippen molar-refractivity contribution in [3.8, 4) is 0 Å². The zero-order valence-electron chi connectivity index (χ0n) is 10.7. The number of nitrogens with one attached hydrogen (secondary N) is 1. The molecule has 0 bridgehead atoms. The summed E-state index contributed by atoms with van der Waals surface area (Å²) >= 11 is 0. The van der Waals surface area contributed by atoms with Gasteiger partial charge in [-0.15, -0.1) is 0 Å². The minimum absolute atomic E-state index is 0.162. The van der Waals surface area contributed by atoms with Gasteiger partial charge in [0.2, 0.25) is 0 Å². The zero-order valence-corrected chi connectivity index (χ0v) is 11.5. The molecule has 0 unspecified atom stereocenters. The predicted molar refractivity (Wildman–Crippen MR) is 73.9 cm³/mol. The fourth-order valence-electron chi connectivity index (χ4n) is 1.84. The second kappa shape index (κ2) is 6.07. The van der Waals surface area contributed by atoms with E-state index in [9.17, 15) is 8.42 Å². The minimum Gasteiger partial charge on any atom is -0.409 e. The quantitative estimate of drug-likeness (QED) is 0.307. The molecule has 1 heterocycles. The van der Waals surface area contributed by atoms with Gasteiger partial charge in [-0.1, -0.05) is 17.3 Å². The number of ether oxygens (including phenoxy) is 1. The van der Waals surface area contributed by atoms with Crippen LogP contribution in [-0.4, -0.2) is 50.1 Å². The van der Waals surface area contributed by atoms with Gasteiger partial charge < -0.3 is 15.7 Å². The van der Waals surface area contributed by atoms with Gasteiger partial charge in [0.25, 0.3) is 0 Å². The van der Waals surface area contributed by atoms with Gasteiger partial charge in [0.05, 0.1) is 18.9 Å². The lowest BCUT2D eigenvalue weighted by molar-refractivity contribution is 0.0733. The van der Waals surface area contributed by atoms with Crippen molar-refractivity contribution in [1.29, 1.82) is 0 Å². The van der Waals surface area contributed by atoms with Gasteiger partial charge in [0, 0.05) is 18.7 Å². The second-order valence-electron chi connectivity index (χ2n) is 4.15. The first-order chi connectivity index (χ1) is 9.54. The Labute approximate surface area is 117 Å². The fourth-order valence-corrected chi connectivity index (χ4v) is 3.05. The maximum absolute atomic E-state index is 12.2. The van der Waals surface area contributed by atoms with Crippen LogP contribution in [0.3, 0.4) is 0 Å². The average Bonchev–Trinajstić information content (AvgIpc) is 2.47. The molecule has 0 aliphatic carbocycles. The predicted octanol–water partition coefficient (Wildman–Crippen LogP) is -0.230. The van der Waals surface area contributed by atoms with Crippen LogP contribution in [0.1, 0.15) is 5.56 Å². The van der Waals surface area contributed by atoms with Gasteiger partial charge in [0.15, 0.2) is 5.84 Å². The summed E-state index contributed by atoms with van der Waals surface area (Å²) in [6.07, 6.45) is 0. The van der Waals surface area contributed by atoms with E-state index < -0.39 is 10.2 Å². The van der Waals surface area contributed by atoms with Gasteiger partial charge in [0.1, 0.15) is 0 Å². The Bertz CT molecular complexity index is 596. The third-order valence-electron chi connectivity index (χ3n) is 2.86. The Kier molecular flexibility index (Phi) is 4.42. The largest absolute Gasteiger partial charge is 0.409 e. The summed E-state index contributed by atoms with van der Waals surface area (Å²) in [6, 6.07) is 6.43. The molecule has 8 nitrogen and oxygen atoms in total. The van der Waals surface area contributed by atoms with Crippen LogP contribution in [0.25, 0.3) is 0 Å². The summed E-state index contributed by atoms with van der Waals surface area (Å²) in [5, 5.41) is 11.6. The Morgan fingerprint density at radius 3 is 2.65 bits per heavy atom. The van der Waals surface area contributed by atoms with Crippen LogP contribution in [0.15, 0.2) is 29.4 Å². The smallest absolute Gasteiger partial charge is 0.301 e. The van der Waals surface area contributed by atoms with E-state index in [2.05, 4.69) is 9.88 Å². The van der Waals surface area contributed by atoms with Crippen LogP contribution >= 0.6 is 0 Å². The molecule has 9 heteroatoms. The molecule has 0 atom stereocenters. The first-order valence-corrected chi connectivity index (χ1v) is 7.41. The highest BCUT2D eigenvalue weighted by molar-refractivity contribution is 7.90. The number of morpholine rings is 1. The molecule has 0 aromatic heterocycles. The highest BCUT2D eigenvalue weighted by Gasteiger charge is 2.25. The summed E-state index contributed by atoms with van der Waals surface area (Å²) < 4.78 is 33.3. The number of hydrogen-bond donors (Lipinski definition) is 3. The summed E-state index contributed by atoms with van der Waals surface area (Å²) in [7, 11) is -3.69. The molecule has 0 amide bonds. The fraction of sp³-hybridized carbons (Fsp3) is 0.364. The molecule has 0 radical (unpaired) electrons. The van der Waals surface area contributed by atoms with Crippen LogP contribution in [0.5, 0.6) is 0 Å². The van der Waals surface area contributed by atoms with Crippen LogP contribution in [0.4, 0.5) is 5.69 Å². The van der Waals surface area contributed by atoms with Gasteiger partial charge in [-0.25, -0.2) is 0 Å². The van der Waals surface area contributed by atoms with E-state index in [-0.39, 0.29) is 11.5 Å². The average molecular weight is 300 g/mol. The Morgan fingerprint density at radius 2 is 2.00 bits per heavy atom. The molecule has 2 rings (SSSR count). The van der Waals surface area contributed by atoms with E-state index in [0.717, 1.165) is 0 Å². The van der Waals surface area contributed by atoms with Crippen molar-refractivity contribution < 1.29 is 18.4 Å². The van der Waals surface area contributed by atoms with Crippen molar-refractivity contribution in [2.75, 3.05) is 31.0 Å². The van der Waals surface area contributed by atoms with Crippen LogP contribution < -0.4 is 10.5 Å². The molecule has 1 aromatic carbocycles. The van der Waals surface area contributed by atoms with Crippen molar-refractivity contribution in [2.24, 2.45) is 10.9 Å². The number of nitrogens with zero attached hydrogens (tertiary/aromatic N) is 2. The highest BCUT2D eigenvalue weighted by atomic mass is 32.2. The summed E-state index contributed by atoms with van der Waals surface area (Å²) in [5.41, 5.74) is 6.09. The van der Waals surface area contributed by atoms with Crippen LogP contribution in [-0.2, 0) is 14.9 Å². The topological polar surface area (TPSA) is 117 Å². The summed E-state index contributed by atoms with van der Waals surface area (Å²) in [5.74, 6) is -0.162. The molecule has 0 saturated carbocycles. The van der Waals surface area contributed by atoms with Gasteiger partial charge in [-0.3, -0.25) is 4.72 Å². The lowest BCUT2D eigenvalue weighted by Gasteiger charge is -2.26. The lowest BCUT2D eigenvalue weighted by atomic mass is 10.2. The molecule has 20 heavy (non-hydrogen) atoms. The maximum Gasteiger partial charge on any atom is 0.301 e. The molecule has 0 spiro atoms.